The van der Waals surface area contributed by atoms with Crippen LogP contribution in [0.3, 0.4) is 0 Å². The van der Waals surface area contributed by atoms with Crippen molar-refractivity contribution < 1.29 is 33.1 Å². The maximum absolute atomic E-state index is 13.6. The molecule has 0 spiro atoms. The van der Waals surface area contributed by atoms with Crippen molar-refractivity contribution in [2.24, 2.45) is 0 Å². The van der Waals surface area contributed by atoms with Crippen molar-refractivity contribution >= 4 is 47.3 Å². The summed E-state index contributed by atoms with van der Waals surface area (Å²) in [7, 11) is 0. The first-order valence-corrected chi connectivity index (χ1v) is 20.0. The standard InChI is InChI=1S/C44H39N3O7S2/c48-40(32-18-8-2-9-19-32)45-37(29-55-28-31-16-6-1-7-17-31)43(50)53-27-39-36(47-42(54-39)34-22-12-4-13-23-34)26-52-44(51)38(30-56-35-24-14-5-15-25-35)46-41(49)33-20-10-3-11-21-33/h1-25,37-38H,26-30H2,(H,45,48)(H,46,49)/t37-,38-/m1/s1. The van der Waals surface area contributed by atoms with Crippen molar-refractivity contribution in [3.05, 3.63) is 180 Å². The van der Waals surface area contributed by atoms with E-state index in [1.54, 1.807) is 60.7 Å². The van der Waals surface area contributed by atoms with Crippen molar-refractivity contribution in [1.29, 1.82) is 0 Å². The normalized spacial score (nSPS) is 11.9. The number of benzene rings is 5. The van der Waals surface area contributed by atoms with Gasteiger partial charge in [0, 0.05) is 38.8 Å². The van der Waals surface area contributed by atoms with Crippen molar-refractivity contribution in [2.45, 2.75) is 35.9 Å². The number of thioether (sulfide) groups is 2. The van der Waals surface area contributed by atoms with Gasteiger partial charge in [0.15, 0.2) is 12.4 Å². The molecule has 0 aliphatic heterocycles. The van der Waals surface area contributed by atoms with E-state index in [2.05, 4.69) is 15.6 Å². The zero-order chi connectivity index (χ0) is 39.0. The lowest BCUT2D eigenvalue weighted by Gasteiger charge is -2.18. The molecule has 0 saturated carbocycles. The molecular formula is C44H39N3O7S2. The Labute approximate surface area is 333 Å². The lowest BCUT2D eigenvalue weighted by Crippen LogP contribution is -2.43. The summed E-state index contributed by atoms with van der Waals surface area (Å²) in [5.74, 6) is -0.690. The SMILES string of the molecule is O=C(N[C@H](CSCc1ccccc1)C(=O)OCc1oc(-c2ccccc2)nc1COC(=O)[C@@H](CSc1ccccc1)NC(=O)c1ccccc1)c1ccccc1. The van der Waals surface area contributed by atoms with Gasteiger partial charge in [-0.2, -0.15) is 11.8 Å². The van der Waals surface area contributed by atoms with Gasteiger partial charge in [-0.3, -0.25) is 9.59 Å². The van der Waals surface area contributed by atoms with E-state index in [0.29, 0.717) is 22.4 Å². The van der Waals surface area contributed by atoms with Gasteiger partial charge in [-0.1, -0.05) is 103 Å². The number of amides is 2. The lowest BCUT2D eigenvalue weighted by atomic mass is 10.2. The Balaban J connectivity index is 1.16. The van der Waals surface area contributed by atoms with Crippen LogP contribution >= 0.6 is 23.5 Å². The van der Waals surface area contributed by atoms with Gasteiger partial charge >= 0.3 is 11.9 Å². The van der Waals surface area contributed by atoms with Gasteiger partial charge in [0.2, 0.25) is 5.89 Å². The van der Waals surface area contributed by atoms with E-state index < -0.39 is 35.8 Å². The molecule has 2 atom stereocenters. The zero-order valence-corrected chi connectivity index (χ0v) is 31.9. The number of ether oxygens (including phenoxy) is 2. The Morgan fingerprint density at radius 2 is 1.07 bits per heavy atom. The van der Waals surface area contributed by atoms with Crippen LogP contribution in [0.2, 0.25) is 0 Å². The van der Waals surface area contributed by atoms with Crippen molar-refractivity contribution in [3.63, 3.8) is 0 Å². The molecule has 0 aliphatic carbocycles. The Hall–Kier alpha value is -6.11. The van der Waals surface area contributed by atoms with E-state index in [4.69, 9.17) is 13.9 Å². The largest absolute Gasteiger partial charge is 0.457 e. The number of carbonyl (C=O) groups excluding carboxylic acids is 4. The van der Waals surface area contributed by atoms with Crippen LogP contribution in [0.25, 0.3) is 11.5 Å². The number of nitrogens with zero attached hydrogens (tertiary/aromatic N) is 1. The summed E-state index contributed by atoms with van der Waals surface area (Å²) in [6.07, 6.45) is 0. The molecule has 6 aromatic rings. The van der Waals surface area contributed by atoms with E-state index in [1.165, 1.54) is 23.5 Å². The molecule has 56 heavy (non-hydrogen) atoms. The molecule has 0 unspecified atom stereocenters. The molecule has 10 nitrogen and oxygen atoms in total. The fourth-order valence-corrected chi connectivity index (χ4v) is 7.28. The fraction of sp³-hybridized carbons (Fsp3) is 0.159. The smallest absolute Gasteiger partial charge is 0.329 e. The molecule has 0 fully saturated rings. The summed E-state index contributed by atoms with van der Waals surface area (Å²) in [4.78, 5) is 59.0. The third kappa shape index (κ3) is 11.7. The number of nitrogens with one attached hydrogen (secondary N) is 2. The average Bonchev–Trinajstić information content (AvgIpc) is 3.67. The highest BCUT2D eigenvalue weighted by Crippen LogP contribution is 2.25. The molecule has 0 saturated heterocycles. The van der Waals surface area contributed by atoms with Crippen LogP contribution in [0.15, 0.2) is 161 Å². The highest BCUT2D eigenvalue weighted by atomic mass is 32.2. The van der Waals surface area contributed by atoms with Crippen LogP contribution in [0.5, 0.6) is 0 Å². The third-order valence-corrected chi connectivity index (χ3v) is 10.5. The molecular weight excluding hydrogens is 747 g/mol. The number of hydrogen-bond donors (Lipinski definition) is 2. The second-order valence-corrected chi connectivity index (χ2v) is 14.5. The summed E-state index contributed by atoms with van der Waals surface area (Å²) in [6.45, 7) is -0.665. The van der Waals surface area contributed by atoms with Crippen molar-refractivity contribution in [1.82, 2.24) is 15.6 Å². The summed E-state index contributed by atoms with van der Waals surface area (Å²) >= 11 is 2.89. The van der Waals surface area contributed by atoms with Crippen LogP contribution in [-0.2, 0) is 38.0 Å². The summed E-state index contributed by atoms with van der Waals surface area (Å²) < 4.78 is 17.6. The summed E-state index contributed by atoms with van der Waals surface area (Å²) in [5.41, 5.74) is 2.78. The first kappa shape index (κ1) is 39.6. The molecule has 0 bridgehead atoms. The van der Waals surface area contributed by atoms with Crippen molar-refractivity contribution in [2.75, 3.05) is 11.5 Å². The number of aromatic nitrogens is 1. The average molecular weight is 786 g/mol. The third-order valence-electron chi connectivity index (χ3n) is 8.30. The second-order valence-electron chi connectivity index (χ2n) is 12.4. The van der Waals surface area contributed by atoms with Gasteiger partial charge in [-0.05, 0) is 54.1 Å². The Morgan fingerprint density at radius 3 is 1.64 bits per heavy atom. The molecule has 12 heteroatoms. The second kappa shape index (κ2) is 20.5. The van der Waals surface area contributed by atoms with Gasteiger partial charge in [-0.25, -0.2) is 14.6 Å². The molecule has 6 rings (SSSR count). The first-order valence-electron chi connectivity index (χ1n) is 17.8. The molecule has 1 heterocycles. The van der Waals surface area contributed by atoms with Gasteiger partial charge in [0.05, 0.1) is 0 Å². The highest BCUT2D eigenvalue weighted by Gasteiger charge is 2.27. The number of rotatable bonds is 18. The maximum Gasteiger partial charge on any atom is 0.329 e. The molecule has 2 N–H and O–H groups in total. The predicted molar refractivity (Wildman–Crippen MR) is 217 cm³/mol. The molecule has 1 aromatic heterocycles. The number of hydrogen-bond acceptors (Lipinski definition) is 10. The Bertz CT molecular complexity index is 2170. The van der Waals surface area contributed by atoms with Crippen LogP contribution < -0.4 is 10.6 Å². The number of carbonyl (C=O) groups is 4. The van der Waals surface area contributed by atoms with Gasteiger partial charge < -0.3 is 24.5 Å². The Morgan fingerprint density at radius 1 is 0.589 bits per heavy atom. The van der Waals surface area contributed by atoms with Crippen LogP contribution in [-0.4, -0.2) is 52.3 Å². The predicted octanol–water partition coefficient (Wildman–Crippen LogP) is 7.75. The van der Waals surface area contributed by atoms with Gasteiger partial charge in [0.1, 0.15) is 24.4 Å². The van der Waals surface area contributed by atoms with Crippen LogP contribution in [0.4, 0.5) is 0 Å². The molecule has 0 radical (unpaired) electrons. The van der Waals surface area contributed by atoms with E-state index >= 15 is 0 Å². The van der Waals surface area contributed by atoms with Crippen LogP contribution in [0, 0.1) is 0 Å². The minimum atomic E-state index is -1.00. The number of oxazole rings is 1. The first-order chi connectivity index (χ1) is 27.4. The highest BCUT2D eigenvalue weighted by molar-refractivity contribution is 7.99. The topological polar surface area (TPSA) is 137 Å². The lowest BCUT2D eigenvalue weighted by molar-refractivity contribution is -0.148. The molecule has 284 valence electrons. The fourth-order valence-electron chi connectivity index (χ4n) is 5.36. The summed E-state index contributed by atoms with van der Waals surface area (Å²) in [5, 5.41) is 5.63. The molecule has 5 aromatic carbocycles. The zero-order valence-electron chi connectivity index (χ0n) is 30.2. The van der Waals surface area contributed by atoms with Gasteiger partial charge in [-0.15, -0.1) is 11.8 Å². The summed E-state index contributed by atoms with van der Waals surface area (Å²) in [6, 6.07) is 43.7. The monoisotopic (exact) mass is 785 g/mol. The number of esters is 2. The van der Waals surface area contributed by atoms with E-state index in [0.717, 1.165) is 10.5 Å². The van der Waals surface area contributed by atoms with Crippen molar-refractivity contribution in [3.8, 4) is 11.5 Å². The minimum Gasteiger partial charge on any atom is -0.457 e. The van der Waals surface area contributed by atoms with E-state index in [-0.39, 0.29) is 42.1 Å². The van der Waals surface area contributed by atoms with E-state index in [1.807, 2.05) is 91.0 Å². The van der Waals surface area contributed by atoms with Gasteiger partial charge in [0.25, 0.3) is 11.8 Å². The molecule has 0 aliphatic rings. The quantitative estimate of drug-likeness (QED) is 0.0658. The maximum atomic E-state index is 13.6. The molecule has 2 amide bonds. The van der Waals surface area contributed by atoms with Crippen LogP contribution in [0.1, 0.15) is 37.7 Å². The Kier molecular flexibility index (Phi) is 14.5. The van der Waals surface area contributed by atoms with E-state index in [9.17, 15) is 19.2 Å². The minimum absolute atomic E-state index is 0.165.